The summed E-state index contributed by atoms with van der Waals surface area (Å²) in [6.07, 6.45) is 6.57. The molecular weight excluding hydrogens is 424 g/mol. The van der Waals surface area contributed by atoms with Crippen molar-refractivity contribution in [1.29, 1.82) is 0 Å². The second-order valence-corrected chi connectivity index (χ2v) is 8.29. The number of hydrogen-bond donors (Lipinski definition) is 0. The molecule has 0 unspecified atom stereocenters. The van der Waals surface area contributed by atoms with Gasteiger partial charge in [0.2, 0.25) is 5.91 Å². The van der Waals surface area contributed by atoms with Crippen LogP contribution < -0.4 is 14.4 Å². The third kappa shape index (κ3) is 5.26. The molecule has 7 nitrogen and oxygen atoms in total. The zero-order valence-electron chi connectivity index (χ0n) is 18.2. The minimum atomic E-state index is 0.0193. The maximum absolute atomic E-state index is 13.3. The Morgan fingerprint density at radius 2 is 1.97 bits per heavy atom. The van der Waals surface area contributed by atoms with Gasteiger partial charge in [-0.15, -0.1) is 0 Å². The van der Waals surface area contributed by atoms with E-state index in [1.54, 1.807) is 24.5 Å². The van der Waals surface area contributed by atoms with Crippen molar-refractivity contribution in [2.75, 3.05) is 25.2 Å². The lowest BCUT2D eigenvalue weighted by molar-refractivity contribution is -0.118. The van der Waals surface area contributed by atoms with E-state index < -0.39 is 0 Å². The summed E-state index contributed by atoms with van der Waals surface area (Å²) >= 11 is 1.51. The Bertz CT molecular complexity index is 1160. The molecule has 32 heavy (non-hydrogen) atoms. The molecule has 2 aromatic heterocycles. The fraction of sp³-hybridized carbons (Fsp3) is 0.292. The van der Waals surface area contributed by atoms with Crippen LogP contribution in [0.15, 0.2) is 61.2 Å². The third-order valence-corrected chi connectivity index (χ3v) is 6.10. The van der Waals surface area contributed by atoms with Gasteiger partial charge in [0.15, 0.2) is 5.13 Å². The van der Waals surface area contributed by atoms with Crippen LogP contribution in [-0.4, -0.2) is 40.7 Å². The van der Waals surface area contributed by atoms with E-state index in [1.807, 2.05) is 60.2 Å². The lowest BCUT2D eigenvalue weighted by atomic mass is 10.1. The number of methoxy groups -OCH3 is 1. The number of thiazole rings is 1. The Morgan fingerprint density at radius 1 is 1.16 bits per heavy atom. The van der Waals surface area contributed by atoms with Crippen LogP contribution in [0.2, 0.25) is 0 Å². The first kappa shape index (κ1) is 21.8. The number of rotatable bonds is 10. The molecule has 8 heteroatoms. The fourth-order valence-electron chi connectivity index (χ4n) is 3.43. The highest BCUT2D eigenvalue weighted by molar-refractivity contribution is 7.22. The molecule has 166 valence electrons. The minimum Gasteiger partial charge on any atom is -0.497 e. The summed E-state index contributed by atoms with van der Waals surface area (Å²) < 4.78 is 13.8. The van der Waals surface area contributed by atoms with Crippen molar-refractivity contribution in [3.05, 3.63) is 66.7 Å². The monoisotopic (exact) mass is 450 g/mol. The summed E-state index contributed by atoms with van der Waals surface area (Å²) in [6.45, 7) is 3.93. The molecule has 2 heterocycles. The van der Waals surface area contributed by atoms with E-state index in [-0.39, 0.29) is 5.91 Å². The van der Waals surface area contributed by atoms with E-state index in [4.69, 9.17) is 14.5 Å². The van der Waals surface area contributed by atoms with Crippen molar-refractivity contribution in [2.24, 2.45) is 0 Å². The topological polar surface area (TPSA) is 69.5 Å². The number of nitrogens with zero attached hydrogens (tertiary/aromatic N) is 4. The third-order valence-electron chi connectivity index (χ3n) is 5.06. The van der Waals surface area contributed by atoms with Gasteiger partial charge in [-0.3, -0.25) is 9.69 Å². The maximum atomic E-state index is 13.3. The average Bonchev–Trinajstić information content (AvgIpc) is 3.47. The second-order valence-electron chi connectivity index (χ2n) is 7.28. The molecule has 0 saturated carbocycles. The Kier molecular flexibility index (Phi) is 7.01. The van der Waals surface area contributed by atoms with E-state index in [0.29, 0.717) is 24.7 Å². The number of anilines is 1. The van der Waals surface area contributed by atoms with Gasteiger partial charge in [0.1, 0.15) is 11.5 Å². The van der Waals surface area contributed by atoms with E-state index in [1.165, 1.54) is 11.3 Å². The zero-order valence-corrected chi connectivity index (χ0v) is 19.0. The van der Waals surface area contributed by atoms with Crippen molar-refractivity contribution in [2.45, 2.75) is 26.3 Å². The van der Waals surface area contributed by atoms with Crippen LogP contribution in [0.25, 0.3) is 10.2 Å². The predicted molar refractivity (Wildman–Crippen MR) is 127 cm³/mol. The second kappa shape index (κ2) is 10.3. The Hall–Kier alpha value is -3.39. The normalized spacial score (nSPS) is 10.9. The quantitative estimate of drug-likeness (QED) is 0.354. The van der Waals surface area contributed by atoms with E-state index in [9.17, 15) is 4.79 Å². The molecule has 2 aromatic carbocycles. The molecule has 0 atom stereocenters. The van der Waals surface area contributed by atoms with Crippen molar-refractivity contribution >= 4 is 32.6 Å². The van der Waals surface area contributed by atoms with Gasteiger partial charge < -0.3 is 14.0 Å². The molecule has 0 fully saturated rings. The molecule has 0 aliphatic rings. The number of imidazole rings is 1. The van der Waals surface area contributed by atoms with Gasteiger partial charge in [0, 0.05) is 25.5 Å². The van der Waals surface area contributed by atoms with E-state index in [2.05, 4.69) is 4.98 Å². The predicted octanol–water partition coefficient (Wildman–Crippen LogP) is 4.57. The van der Waals surface area contributed by atoms with Crippen LogP contribution in [0.1, 0.15) is 18.9 Å². The standard InChI is InChI=1S/C24H26N4O3S/c1-3-31-19-7-5-18(6-8-19)15-23(29)28(13-4-12-27-14-11-25-17-27)24-26-21-10-9-20(30-2)16-22(21)32-24/h5-11,14,16-17H,3-4,12-13,15H2,1-2H3. The number of ether oxygens (including phenoxy) is 2. The number of amides is 1. The minimum absolute atomic E-state index is 0.0193. The molecule has 4 aromatic rings. The molecule has 0 radical (unpaired) electrons. The number of benzene rings is 2. The van der Waals surface area contributed by atoms with E-state index >= 15 is 0 Å². The van der Waals surface area contributed by atoms with Crippen LogP contribution in [0.4, 0.5) is 5.13 Å². The smallest absolute Gasteiger partial charge is 0.233 e. The van der Waals surface area contributed by atoms with Gasteiger partial charge in [-0.1, -0.05) is 23.5 Å². The molecule has 4 rings (SSSR count). The van der Waals surface area contributed by atoms with Gasteiger partial charge in [-0.2, -0.15) is 0 Å². The Labute approximate surface area is 191 Å². The lowest BCUT2D eigenvalue weighted by Crippen LogP contribution is -2.33. The Balaban J connectivity index is 1.54. The highest BCUT2D eigenvalue weighted by atomic mass is 32.1. The largest absolute Gasteiger partial charge is 0.497 e. The first-order valence-electron chi connectivity index (χ1n) is 10.6. The van der Waals surface area contributed by atoms with Crippen LogP contribution >= 0.6 is 11.3 Å². The number of aryl methyl sites for hydroxylation is 1. The maximum Gasteiger partial charge on any atom is 0.233 e. The average molecular weight is 451 g/mol. The Morgan fingerprint density at radius 3 is 2.69 bits per heavy atom. The molecule has 1 amide bonds. The van der Waals surface area contributed by atoms with Gasteiger partial charge in [-0.05, 0) is 49.2 Å². The lowest BCUT2D eigenvalue weighted by Gasteiger charge is -2.20. The number of fused-ring (bicyclic) bond motifs is 1. The van der Waals surface area contributed by atoms with Gasteiger partial charge in [0.05, 0.1) is 36.7 Å². The van der Waals surface area contributed by atoms with Crippen LogP contribution in [0.5, 0.6) is 11.5 Å². The molecular formula is C24H26N4O3S. The fourth-order valence-corrected chi connectivity index (χ4v) is 4.47. The highest BCUT2D eigenvalue weighted by Gasteiger charge is 2.20. The molecule has 0 aliphatic carbocycles. The van der Waals surface area contributed by atoms with Crippen LogP contribution in [-0.2, 0) is 17.8 Å². The number of carbonyl (C=O) groups is 1. The first-order chi connectivity index (χ1) is 15.7. The van der Waals surface area contributed by atoms with Crippen molar-refractivity contribution < 1.29 is 14.3 Å². The summed E-state index contributed by atoms with van der Waals surface area (Å²) in [5.74, 6) is 1.60. The number of hydrogen-bond acceptors (Lipinski definition) is 6. The van der Waals surface area contributed by atoms with Crippen molar-refractivity contribution in [3.8, 4) is 11.5 Å². The van der Waals surface area contributed by atoms with Crippen LogP contribution in [0, 0.1) is 0 Å². The van der Waals surface area contributed by atoms with Crippen molar-refractivity contribution in [3.63, 3.8) is 0 Å². The summed E-state index contributed by atoms with van der Waals surface area (Å²) in [5.41, 5.74) is 1.81. The van der Waals surface area contributed by atoms with Gasteiger partial charge in [0.25, 0.3) is 0 Å². The summed E-state index contributed by atoms with van der Waals surface area (Å²) in [6, 6.07) is 13.5. The number of carbonyl (C=O) groups excluding carboxylic acids is 1. The van der Waals surface area contributed by atoms with Gasteiger partial charge in [-0.25, -0.2) is 9.97 Å². The molecule has 0 bridgehead atoms. The zero-order chi connectivity index (χ0) is 22.3. The van der Waals surface area contributed by atoms with Crippen LogP contribution in [0.3, 0.4) is 0 Å². The molecule has 0 N–H and O–H groups in total. The molecule has 0 spiro atoms. The first-order valence-corrected chi connectivity index (χ1v) is 11.4. The van der Waals surface area contributed by atoms with E-state index in [0.717, 1.165) is 40.2 Å². The van der Waals surface area contributed by atoms with Crippen molar-refractivity contribution in [1.82, 2.24) is 14.5 Å². The van der Waals surface area contributed by atoms with Gasteiger partial charge >= 0.3 is 0 Å². The SMILES string of the molecule is CCOc1ccc(CC(=O)N(CCCn2ccnc2)c2nc3ccc(OC)cc3s2)cc1. The summed E-state index contributed by atoms with van der Waals surface area (Å²) in [5, 5.41) is 0.704. The highest BCUT2D eigenvalue weighted by Crippen LogP contribution is 2.32. The number of aromatic nitrogens is 3. The summed E-state index contributed by atoms with van der Waals surface area (Å²) in [4.78, 5) is 23.9. The molecule has 0 aliphatic heterocycles. The summed E-state index contributed by atoms with van der Waals surface area (Å²) in [7, 11) is 1.64. The molecule has 0 saturated heterocycles.